The van der Waals surface area contributed by atoms with Crippen LogP contribution < -0.4 is 0 Å². The summed E-state index contributed by atoms with van der Waals surface area (Å²) in [6, 6.07) is 27.4. The van der Waals surface area contributed by atoms with Crippen LogP contribution in [0.4, 0.5) is 0 Å². The molecule has 0 bridgehead atoms. The zero-order valence-electron chi connectivity index (χ0n) is 17.6. The average Bonchev–Trinajstić information content (AvgIpc) is 2.86. The Balaban J connectivity index is 0.000000141. The normalized spacial score (nSPS) is 9.88. The zero-order valence-corrected chi connectivity index (χ0v) is 17.6. The molecule has 0 spiro atoms. The number of aromatic hydroxyl groups is 3. The second-order valence-corrected chi connectivity index (χ2v) is 7.06. The molecule has 0 saturated heterocycles. The number of para-hydroxylation sites is 3. The Labute approximate surface area is 226 Å². The first kappa shape index (κ1) is 25.2. The standard InChI is InChI=1S/3C9H7NO.Ca.2H/c3*11-8-5-1-3-7-4-2-6-10-9(7)8;;;/h3*1-6,11H;;;. The number of benzene rings is 3. The summed E-state index contributed by atoms with van der Waals surface area (Å²) < 4.78 is 0. The van der Waals surface area contributed by atoms with E-state index in [1.165, 1.54) is 0 Å². The predicted octanol–water partition coefficient (Wildman–Crippen LogP) is 4.91. The van der Waals surface area contributed by atoms with E-state index < -0.39 is 0 Å². The molecule has 3 heterocycles. The average molecular weight is 478 g/mol. The second-order valence-electron chi connectivity index (χ2n) is 7.06. The van der Waals surface area contributed by atoms with Crippen molar-refractivity contribution in [2.75, 3.05) is 0 Å². The van der Waals surface area contributed by atoms with Crippen molar-refractivity contribution in [3.8, 4) is 17.2 Å². The predicted molar refractivity (Wildman–Crippen MR) is 139 cm³/mol. The van der Waals surface area contributed by atoms with E-state index in [2.05, 4.69) is 15.0 Å². The van der Waals surface area contributed by atoms with E-state index in [-0.39, 0.29) is 55.0 Å². The molecule has 7 heteroatoms. The van der Waals surface area contributed by atoms with Crippen molar-refractivity contribution in [2.45, 2.75) is 0 Å². The van der Waals surface area contributed by atoms with Gasteiger partial charge in [-0.05, 0) is 36.4 Å². The van der Waals surface area contributed by atoms with Gasteiger partial charge in [-0.25, -0.2) is 0 Å². The van der Waals surface area contributed by atoms with Crippen molar-refractivity contribution in [2.24, 2.45) is 0 Å². The van der Waals surface area contributed by atoms with Gasteiger partial charge in [0.25, 0.3) is 0 Å². The fourth-order valence-electron chi connectivity index (χ4n) is 3.26. The van der Waals surface area contributed by atoms with Crippen LogP contribution in [-0.2, 0) is 0 Å². The fraction of sp³-hybridized carbons (Fsp3) is 0. The van der Waals surface area contributed by atoms with E-state index in [9.17, 15) is 15.3 Å². The first-order valence-corrected chi connectivity index (χ1v) is 10.2. The van der Waals surface area contributed by atoms with Crippen LogP contribution in [0.25, 0.3) is 32.7 Å². The molecule has 0 radical (unpaired) electrons. The third-order valence-electron chi connectivity index (χ3n) is 4.83. The summed E-state index contributed by atoms with van der Waals surface area (Å²) in [5.41, 5.74) is 1.99. The molecule has 34 heavy (non-hydrogen) atoms. The van der Waals surface area contributed by atoms with Crippen LogP contribution >= 0.6 is 0 Å². The van der Waals surface area contributed by atoms with Crippen molar-refractivity contribution in [3.63, 3.8) is 0 Å². The Morgan fingerprint density at radius 3 is 0.912 bits per heavy atom. The quantitative estimate of drug-likeness (QED) is 0.269. The second kappa shape index (κ2) is 12.1. The molecule has 0 aliphatic carbocycles. The van der Waals surface area contributed by atoms with Gasteiger partial charge in [-0.1, -0.05) is 54.6 Å². The van der Waals surface area contributed by atoms with Gasteiger partial charge in [-0.2, -0.15) is 0 Å². The maximum absolute atomic E-state index is 9.31. The van der Waals surface area contributed by atoms with Gasteiger partial charge in [0.2, 0.25) is 0 Å². The van der Waals surface area contributed by atoms with Crippen LogP contribution in [0.2, 0.25) is 0 Å². The van der Waals surface area contributed by atoms with Gasteiger partial charge in [0.1, 0.15) is 33.8 Å². The molecule has 0 fully saturated rings. The summed E-state index contributed by atoms with van der Waals surface area (Å²) in [4.78, 5) is 12.1. The minimum atomic E-state index is 0. The molecular formula is C27H23CaN3O3. The molecule has 0 saturated carbocycles. The van der Waals surface area contributed by atoms with Crippen LogP contribution in [0.15, 0.2) is 110 Å². The van der Waals surface area contributed by atoms with Gasteiger partial charge in [-0.3, -0.25) is 15.0 Å². The van der Waals surface area contributed by atoms with Crippen LogP contribution in [0, 0.1) is 0 Å². The van der Waals surface area contributed by atoms with Crippen molar-refractivity contribution in [3.05, 3.63) is 110 Å². The monoisotopic (exact) mass is 477 g/mol. The van der Waals surface area contributed by atoms with E-state index in [0.717, 1.165) is 16.2 Å². The summed E-state index contributed by atoms with van der Waals surface area (Å²) in [6.45, 7) is 0. The van der Waals surface area contributed by atoms with Gasteiger partial charge < -0.3 is 15.3 Å². The molecule has 166 valence electrons. The molecule has 0 aliphatic heterocycles. The van der Waals surface area contributed by atoms with E-state index in [0.29, 0.717) is 16.6 Å². The molecular weight excluding hydrogens is 454 g/mol. The Morgan fingerprint density at radius 1 is 0.382 bits per heavy atom. The van der Waals surface area contributed by atoms with Gasteiger partial charge in [0.05, 0.1) is 0 Å². The third-order valence-corrected chi connectivity index (χ3v) is 4.83. The molecule has 3 aromatic heterocycles. The van der Waals surface area contributed by atoms with Gasteiger partial charge >= 0.3 is 37.7 Å². The number of aromatic nitrogens is 3. The number of rotatable bonds is 0. The molecule has 3 aromatic carbocycles. The Morgan fingerprint density at radius 2 is 0.647 bits per heavy atom. The SMILES string of the molecule is Oc1cccc2cccnc12.Oc1cccc2cccnc12.Oc1cccc2cccnc12.[CaH2]. The third kappa shape index (κ3) is 6.11. The molecule has 6 aromatic rings. The van der Waals surface area contributed by atoms with Crippen molar-refractivity contribution >= 4 is 70.4 Å². The number of nitrogens with zero attached hydrogens (tertiary/aromatic N) is 3. The molecule has 0 amide bonds. The fourth-order valence-corrected chi connectivity index (χ4v) is 3.26. The Bertz CT molecular complexity index is 1330. The van der Waals surface area contributed by atoms with Crippen LogP contribution in [-0.4, -0.2) is 68.0 Å². The number of hydrogen-bond donors (Lipinski definition) is 3. The summed E-state index contributed by atoms with van der Waals surface area (Å²) in [7, 11) is 0. The van der Waals surface area contributed by atoms with Crippen molar-refractivity contribution in [1.82, 2.24) is 15.0 Å². The number of fused-ring (bicyclic) bond motifs is 3. The first-order valence-electron chi connectivity index (χ1n) is 10.2. The Kier molecular flexibility index (Phi) is 8.99. The van der Waals surface area contributed by atoms with E-state index in [1.807, 2.05) is 54.6 Å². The number of phenolic OH excluding ortho intramolecular Hbond substituents is 3. The minimum absolute atomic E-state index is 0. The molecule has 6 rings (SSSR count). The van der Waals surface area contributed by atoms with Crippen LogP contribution in [0.1, 0.15) is 0 Å². The molecule has 6 nitrogen and oxygen atoms in total. The number of phenols is 3. The van der Waals surface area contributed by atoms with Crippen molar-refractivity contribution in [1.29, 1.82) is 0 Å². The number of hydrogen-bond acceptors (Lipinski definition) is 6. The first-order chi connectivity index (χ1) is 16.1. The van der Waals surface area contributed by atoms with Gasteiger partial charge in [0.15, 0.2) is 0 Å². The number of pyridine rings is 3. The van der Waals surface area contributed by atoms with Gasteiger partial charge in [-0.15, -0.1) is 0 Å². The molecule has 3 N–H and O–H groups in total. The van der Waals surface area contributed by atoms with E-state index >= 15 is 0 Å². The van der Waals surface area contributed by atoms with E-state index in [4.69, 9.17) is 0 Å². The summed E-state index contributed by atoms with van der Waals surface area (Å²) in [6.07, 6.45) is 5.01. The van der Waals surface area contributed by atoms with E-state index in [1.54, 1.807) is 55.0 Å². The maximum atomic E-state index is 9.31. The van der Waals surface area contributed by atoms with Gasteiger partial charge in [0, 0.05) is 34.7 Å². The molecule has 0 unspecified atom stereocenters. The van der Waals surface area contributed by atoms with Crippen molar-refractivity contribution < 1.29 is 15.3 Å². The Hall–Kier alpha value is -3.45. The van der Waals surface area contributed by atoms with Crippen LogP contribution in [0.3, 0.4) is 0 Å². The summed E-state index contributed by atoms with van der Waals surface area (Å²) >= 11 is 0. The zero-order chi connectivity index (χ0) is 23.0. The summed E-state index contributed by atoms with van der Waals surface area (Å²) in [5.74, 6) is 0.717. The van der Waals surface area contributed by atoms with Crippen LogP contribution in [0.5, 0.6) is 17.2 Å². The topological polar surface area (TPSA) is 99.4 Å². The summed E-state index contributed by atoms with van der Waals surface area (Å²) in [5, 5.41) is 30.8. The molecule has 0 aliphatic rings. The molecule has 0 atom stereocenters.